The second kappa shape index (κ2) is 7.32. The van der Waals surface area contributed by atoms with E-state index in [1.165, 1.54) is 63.9 Å². The molecule has 4 heteroatoms. The van der Waals surface area contributed by atoms with E-state index in [0.717, 1.165) is 27.6 Å². The molecule has 0 amide bonds. The molecular formula is C36H19N3S. The van der Waals surface area contributed by atoms with Crippen molar-refractivity contribution >= 4 is 91.7 Å². The van der Waals surface area contributed by atoms with Gasteiger partial charge in [-0.3, -0.25) is 4.40 Å². The molecular weight excluding hydrogens is 506 g/mol. The van der Waals surface area contributed by atoms with E-state index in [-0.39, 0.29) is 0 Å². The van der Waals surface area contributed by atoms with E-state index in [1.807, 2.05) is 23.5 Å². The molecule has 0 aliphatic rings. The van der Waals surface area contributed by atoms with Crippen molar-refractivity contribution in [2.45, 2.75) is 0 Å². The van der Waals surface area contributed by atoms with E-state index in [4.69, 9.17) is 9.97 Å². The molecule has 10 rings (SSSR count). The van der Waals surface area contributed by atoms with Crippen LogP contribution in [0.25, 0.3) is 91.5 Å². The predicted molar refractivity (Wildman–Crippen MR) is 170 cm³/mol. The van der Waals surface area contributed by atoms with Gasteiger partial charge < -0.3 is 0 Å². The summed E-state index contributed by atoms with van der Waals surface area (Å²) in [6.45, 7) is 0. The van der Waals surface area contributed by atoms with Crippen molar-refractivity contribution in [3.63, 3.8) is 0 Å². The van der Waals surface area contributed by atoms with Crippen LogP contribution in [0.5, 0.6) is 0 Å². The van der Waals surface area contributed by atoms with Gasteiger partial charge in [-0.1, -0.05) is 72.8 Å². The van der Waals surface area contributed by atoms with E-state index < -0.39 is 0 Å². The highest BCUT2D eigenvalue weighted by molar-refractivity contribution is 7.25. The lowest BCUT2D eigenvalue weighted by Crippen LogP contribution is -1.88. The summed E-state index contributed by atoms with van der Waals surface area (Å²) in [5, 5.41) is 8.80. The number of aromatic nitrogens is 3. The number of para-hydroxylation sites is 2. The highest BCUT2D eigenvalue weighted by Gasteiger charge is 2.22. The van der Waals surface area contributed by atoms with Gasteiger partial charge in [0.2, 0.25) is 0 Å². The van der Waals surface area contributed by atoms with Crippen molar-refractivity contribution in [1.29, 1.82) is 0 Å². The number of nitrogens with zero attached hydrogens (tertiary/aromatic N) is 3. The summed E-state index contributed by atoms with van der Waals surface area (Å²) in [7, 11) is 0. The minimum atomic E-state index is 0.918. The molecule has 0 spiro atoms. The van der Waals surface area contributed by atoms with Gasteiger partial charge in [-0.05, 0) is 64.4 Å². The summed E-state index contributed by atoms with van der Waals surface area (Å²) in [6.07, 6.45) is 0. The van der Waals surface area contributed by atoms with Gasteiger partial charge in [0.05, 0.1) is 22.1 Å². The molecule has 0 bridgehead atoms. The van der Waals surface area contributed by atoms with E-state index in [1.54, 1.807) is 0 Å². The van der Waals surface area contributed by atoms with Crippen LogP contribution in [0.15, 0.2) is 115 Å². The first-order valence-electron chi connectivity index (χ1n) is 13.5. The van der Waals surface area contributed by atoms with Crippen molar-refractivity contribution in [2.24, 2.45) is 0 Å². The summed E-state index contributed by atoms with van der Waals surface area (Å²) in [4.78, 5) is 10.4. The monoisotopic (exact) mass is 525 g/mol. The molecule has 10 aromatic rings. The third-order valence-corrected chi connectivity index (χ3v) is 9.61. The number of rotatable bonds is 1. The minimum Gasteiger partial charge on any atom is -0.291 e. The second-order valence-corrected chi connectivity index (χ2v) is 11.7. The van der Waals surface area contributed by atoms with Crippen molar-refractivity contribution in [3.05, 3.63) is 115 Å². The number of benzene rings is 6. The van der Waals surface area contributed by atoms with Gasteiger partial charge >= 0.3 is 0 Å². The SMILES string of the molecule is c1ccc2c(-c3cc4c5cc6c(cc5n5c7nc8ccccc8nc7c(c3)c45)sc3ccccc36)cccc2c1. The summed E-state index contributed by atoms with van der Waals surface area (Å²) >= 11 is 1.86. The Balaban J connectivity index is 1.45. The van der Waals surface area contributed by atoms with Crippen LogP contribution in [0.4, 0.5) is 0 Å². The van der Waals surface area contributed by atoms with Crippen LogP contribution < -0.4 is 0 Å². The zero-order valence-corrected chi connectivity index (χ0v) is 22.0. The fourth-order valence-electron chi connectivity index (χ4n) is 6.72. The Kier molecular flexibility index (Phi) is 3.81. The number of fused-ring (bicyclic) bond motifs is 11. The Bertz CT molecular complexity index is 2650. The van der Waals surface area contributed by atoms with Gasteiger partial charge in [0.1, 0.15) is 5.52 Å². The maximum Gasteiger partial charge on any atom is 0.165 e. The highest BCUT2D eigenvalue weighted by atomic mass is 32.1. The van der Waals surface area contributed by atoms with Gasteiger partial charge in [0, 0.05) is 36.3 Å². The quantitative estimate of drug-likeness (QED) is 0.213. The molecule has 4 aromatic heterocycles. The Morgan fingerprint density at radius 2 is 1.27 bits per heavy atom. The normalized spacial score (nSPS) is 12.5. The van der Waals surface area contributed by atoms with E-state index in [9.17, 15) is 0 Å². The fourth-order valence-corrected chi connectivity index (χ4v) is 7.84. The van der Waals surface area contributed by atoms with Crippen LogP contribution in [-0.2, 0) is 0 Å². The molecule has 6 aromatic carbocycles. The highest BCUT2D eigenvalue weighted by Crippen LogP contribution is 2.45. The number of hydrogen-bond acceptors (Lipinski definition) is 3. The Morgan fingerprint density at radius 3 is 2.20 bits per heavy atom. The molecule has 0 aliphatic heterocycles. The summed E-state index contributed by atoms with van der Waals surface area (Å²) < 4.78 is 4.97. The molecule has 3 nitrogen and oxygen atoms in total. The van der Waals surface area contributed by atoms with E-state index in [2.05, 4.69) is 108 Å². The predicted octanol–water partition coefficient (Wildman–Crippen LogP) is 9.97. The molecule has 184 valence electrons. The minimum absolute atomic E-state index is 0.918. The Hall–Kier alpha value is -5.06. The van der Waals surface area contributed by atoms with Crippen molar-refractivity contribution in [1.82, 2.24) is 14.4 Å². The van der Waals surface area contributed by atoms with Crippen LogP contribution in [0, 0.1) is 0 Å². The van der Waals surface area contributed by atoms with E-state index >= 15 is 0 Å². The smallest absolute Gasteiger partial charge is 0.165 e. The first kappa shape index (κ1) is 20.8. The van der Waals surface area contributed by atoms with E-state index in [0.29, 0.717) is 0 Å². The van der Waals surface area contributed by atoms with Crippen LogP contribution >= 0.6 is 11.3 Å². The van der Waals surface area contributed by atoms with Gasteiger partial charge in [0.25, 0.3) is 0 Å². The summed E-state index contributed by atoms with van der Waals surface area (Å²) in [6, 6.07) is 41.6. The van der Waals surface area contributed by atoms with Gasteiger partial charge in [-0.2, -0.15) is 0 Å². The third kappa shape index (κ3) is 2.59. The molecule has 0 saturated carbocycles. The second-order valence-electron chi connectivity index (χ2n) is 10.6. The Morgan fingerprint density at radius 1 is 0.525 bits per heavy atom. The number of hydrogen-bond donors (Lipinski definition) is 0. The zero-order valence-electron chi connectivity index (χ0n) is 21.2. The molecule has 0 N–H and O–H groups in total. The fraction of sp³-hybridized carbons (Fsp3) is 0. The number of thiophene rings is 1. The maximum atomic E-state index is 5.20. The molecule has 40 heavy (non-hydrogen) atoms. The lowest BCUT2D eigenvalue weighted by Gasteiger charge is -2.08. The molecule has 4 heterocycles. The lowest BCUT2D eigenvalue weighted by atomic mass is 9.95. The molecule has 0 atom stereocenters. The lowest BCUT2D eigenvalue weighted by molar-refractivity contribution is 1.28. The van der Waals surface area contributed by atoms with Crippen molar-refractivity contribution in [3.8, 4) is 11.1 Å². The standard InChI is InChI=1S/C36H19N3S/c1-2-10-22-20(8-1)9-7-12-23(22)21-16-27-25-18-26-24-11-3-6-15-32(24)40-33(26)19-31(25)39-35(27)28(17-21)34-36(39)38-30-14-5-4-13-29(30)37-34/h1-19H. The largest absolute Gasteiger partial charge is 0.291 e. The molecule has 0 saturated heterocycles. The first-order chi connectivity index (χ1) is 19.8. The van der Waals surface area contributed by atoms with Crippen LogP contribution in [0.2, 0.25) is 0 Å². The Labute approximate surface area is 231 Å². The van der Waals surface area contributed by atoms with Crippen molar-refractivity contribution in [2.75, 3.05) is 0 Å². The van der Waals surface area contributed by atoms with Crippen LogP contribution in [0.3, 0.4) is 0 Å². The van der Waals surface area contributed by atoms with Crippen LogP contribution in [0.1, 0.15) is 0 Å². The van der Waals surface area contributed by atoms with Gasteiger partial charge in [0.15, 0.2) is 5.65 Å². The summed E-state index contributed by atoms with van der Waals surface area (Å²) in [5.74, 6) is 0. The average Bonchev–Trinajstić information content (AvgIpc) is 3.64. The van der Waals surface area contributed by atoms with Gasteiger partial charge in [-0.25, -0.2) is 9.97 Å². The average molecular weight is 526 g/mol. The molecule has 0 aliphatic carbocycles. The first-order valence-corrected chi connectivity index (χ1v) is 14.3. The molecule has 0 unspecified atom stereocenters. The van der Waals surface area contributed by atoms with Gasteiger partial charge in [-0.15, -0.1) is 11.3 Å². The summed E-state index contributed by atoms with van der Waals surface area (Å²) in [5.41, 5.74) is 8.55. The van der Waals surface area contributed by atoms with Crippen LogP contribution in [-0.4, -0.2) is 14.4 Å². The maximum absolute atomic E-state index is 5.20. The molecule has 0 radical (unpaired) electrons. The molecule has 0 fully saturated rings. The third-order valence-electron chi connectivity index (χ3n) is 8.48. The zero-order chi connectivity index (χ0) is 25.9. The topological polar surface area (TPSA) is 30.2 Å². The van der Waals surface area contributed by atoms with Crippen molar-refractivity contribution < 1.29 is 0 Å².